The van der Waals surface area contributed by atoms with Crippen molar-refractivity contribution in [1.29, 1.82) is 0 Å². The van der Waals surface area contributed by atoms with Gasteiger partial charge in [0.2, 0.25) is 0 Å². The van der Waals surface area contributed by atoms with Crippen molar-refractivity contribution in [1.82, 2.24) is 10.2 Å². The molecule has 1 heterocycles. The fraction of sp³-hybridized carbons (Fsp3) is 0.533. The number of nitrogens with zero attached hydrogens (tertiary/aromatic N) is 2. The molecule has 0 amide bonds. The zero-order chi connectivity index (χ0) is 14.4. The summed E-state index contributed by atoms with van der Waals surface area (Å²) in [6.07, 6.45) is 0.992. The van der Waals surface area contributed by atoms with E-state index >= 15 is 0 Å². The number of rotatable bonds is 7. The summed E-state index contributed by atoms with van der Waals surface area (Å²) in [6.45, 7) is 3.44. The topological polar surface area (TPSA) is 46.1 Å². The first-order chi connectivity index (χ1) is 9.70. The van der Waals surface area contributed by atoms with E-state index in [9.17, 15) is 0 Å². The molecule has 20 heavy (non-hydrogen) atoms. The van der Waals surface area contributed by atoms with E-state index in [1.54, 1.807) is 7.11 Å². The Bertz CT molecular complexity index is 472. The normalized spacial score (nSPS) is 14.1. The second-order valence-electron chi connectivity index (χ2n) is 5.03. The third kappa shape index (κ3) is 3.87. The molecule has 1 aliphatic rings. The molecule has 0 unspecified atom stereocenters. The van der Waals surface area contributed by atoms with Crippen molar-refractivity contribution in [3.05, 3.63) is 23.8 Å². The standard InChI is InChI=1S/C15H23N3O2/c1-18(2)9-4-10-20-13-6-5-12(11-14(13)19-3)15-16-7-8-17-15/h5-6,11H,4,7-10H2,1-3H3,(H,16,17). The van der Waals surface area contributed by atoms with E-state index in [1.807, 2.05) is 18.2 Å². The summed E-state index contributed by atoms with van der Waals surface area (Å²) in [5.74, 6) is 2.47. The van der Waals surface area contributed by atoms with Crippen molar-refractivity contribution in [3.63, 3.8) is 0 Å². The Labute approximate surface area is 120 Å². The monoisotopic (exact) mass is 277 g/mol. The molecule has 0 aromatic heterocycles. The maximum atomic E-state index is 5.78. The minimum absolute atomic E-state index is 0.688. The van der Waals surface area contributed by atoms with E-state index in [4.69, 9.17) is 9.47 Å². The van der Waals surface area contributed by atoms with E-state index in [0.29, 0.717) is 6.61 Å². The van der Waals surface area contributed by atoms with Gasteiger partial charge < -0.3 is 19.7 Å². The zero-order valence-electron chi connectivity index (χ0n) is 12.5. The van der Waals surface area contributed by atoms with Crippen molar-refractivity contribution in [2.45, 2.75) is 6.42 Å². The summed E-state index contributed by atoms with van der Waals surface area (Å²) < 4.78 is 11.2. The molecule has 0 bridgehead atoms. The fourth-order valence-corrected chi connectivity index (χ4v) is 2.09. The number of methoxy groups -OCH3 is 1. The lowest BCUT2D eigenvalue weighted by atomic mass is 10.2. The van der Waals surface area contributed by atoms with Crippen LogP contribution in [0.1, 0.15) is 12.0 Å². The molecule has 0 aliphatic carbocycles. The van der Waals surface area contributed by atoms with Gasteiger partial charge in [-0.2, -0.15) is 0 Å². The van der Waals surface area contributed by atoms with Crippen LogP contribution in [-0.4, -0.2) is 58.2 Å². The maximum Gasteiger partial charge on any atom is 0.161 e. The minimum atomic E-state index is 0.688. The van der Waals surface area contributed by atoms with Crippen LogP contribution < -0.4 is 14.8 Å². The smallest absolute Gasteiger partial charge is 0.161 e. The molecule has 5 heteroatoms. The molecule has 1 N–H and O–H groups in total. The minimum Gasteiger partial charge on any atom is -0.493 e. The molecule has 0 saturated heterocycles. The van der Waals surface area contributed by atoms with Gasteiger partial charge in [0.1, 0.15) is 5.84 Å². The average Bonchev–Trinajstić information content (AvgIpc) is 2.97. The summed E-state index contributed by atoms with van der Waals surface area (Å²) in [4.78, 5) is 6.56. The number of hydrogen-bond acceptors (Lipinski definition) is 5. The molecule has 1 aliphatic heterocycles. The number of ether oxygens (including phenoxy) is 2. The molecule has 110 valence electrons. The lowest BCUT2D eigenvalue weighted by Crippen LogP contribution is -2.19. The highest BCUT2D eigenvalue weighted by Gasteiger charge is 2.12. The van der Waals surface area contributed by atoms with Crippen molar-refractivity contribution in [3.8, 4) is 11.5 Å². The van der Waals surface area contributed by atoms with Gasteiger partial charge in [0, 0.05) is 18.7 Å². The van der Waals surface area contributed by atoms with Gasteiger partial charge in [-0.3, -0.25) is 4.99 Å². The summed E-state index contributed by atoms with van der Waals surface area (Å²) in [5.41, 5.74) is 1.04. The van der Waals surface area contributed by atoms with Gasteiger partial charge in [0.05, 0.1) is 20.3 Å². The Balaban J connectivity index is 1.98. The predicted molar refractivity (Wildman–Crippen MR) is 81.1 cm³/mol. The molecule has 5 nitrogen and oxygen atoms in total. The van der Waals surface area contributed by atoms with Gasteiger partial charge >= 0.3 is 0 Å². The molecule has 0 radical (unpaired) electrons. The van der Waals surface area contributed by atoms with E-state index in [1.165, 1.54) is 0 Å². The van der Waals surface area contributed by atoms with Gasteiger partial charge in [-0.15, -0.1) is 0 Å². The third-order valence-electron chi connectivity index (χ3n) is 3.12. The van der Waals surface area contributed by atoms with Crippen molar-refractivity contribution in [2.75, 3.05) is 47.4 Å². The molecule has 0 fully saturated rings. The summed E-state index contributed by atoms with van der Waals surface area (Å²) >= 11 is 0. The van der Waals surface area contributed by atoms with Crippen LogP contribution in [0.4, 0.5) is 0 Å². The summed E-state index contributed by atoms with van der Waals surface area (Å²) in [5, 5.41) is 3.26. The van der Waals surface area contributed by atoms with E-state index < -0.39 is 0 Å². The SMILES string of the molecule is COc1cc(C2=NCCN2)ccc1OCCCN(C)C. The Kier molecular flexibility index (Phi) is 5.24. The molecule has 1 aromatic rings. The number of aliphatic imine (C=N–C) groups is 1. The van der Waals surface area contributed by atoms with Gasteiger partial charge in [0.15, 0.2) is 11.5 Å². The number of amidine groups is 1. The van der Waals surface area contributed by atoms with Crippen LogP contribution in [0, 0.1) is 0 Å². The van der Waals surface area contributed by atoms with Crippen LogP contribution in [0.25, 0.3) is 0 Å². The quantitative estimate of drug-likeness (QED) is 0.765. The van der Waals surface area contributed by atoms with Crippen LogP contribution in [0.2, 0.25) is 0 Å². The van der Waals surface area contributed by atoms with Crippen LogP contribution >= 0.6 is 0 Å². The average molecular weight is 277 g/mol. The van der Waals surface area contributed by atoms with Crippen molar-refractivity contribution >= 4 is 5.84 Å². The van der Waals surface area contributed by atoms with Gasteiger partial charge in [-0.25, -0.2) is 0 Å². The molecule has 0 saturated carbocycles. The summed E-state index contributed by atoms with van der Waals surface area (Å²) in [7, 11) is 5.78. The second-order valence-corrected chi connectivity index (χ2v) is 5.03. The molecule has 2 rings (SSSR count). The molecular formula is C15H23N3O2. The largest absolute Gasteiger partial charge is 0.493 e. The first-order valence-electron chi connectivity index (χ1n) is 6.95. The Morgan fingerprint density at radius 3 is 2.80 bits per heavy atom. The zero-order valence-corrected chi connectivity index (χ0v) is 12.5. The van der Waals surface area contributed by atoms with Gasteiger partial charge in [-0.05, 0) is 38.7 Å². The molecule has 1 aromatic carbocycles. The lowest BCUT2D eigenvalue weighted by Gasteiger charge is -2.13. The van der Waals surface area contributed by atoms with Crippen molar-refractivity contribution in [2.24, 2.45) is 4.99 Å². The highest BCUT2D eigenvalue weighted by atomic mass is 16.5. The van der Waals surface area contributed by atoms with Crippen LogP contribution in [0.5, 0.6) is 11.5 Å². The van der Waals surface area contributed by atoms with Crippen molar-refractivity contribution < 1.29 is 9.47 Å². The highest BCUT2D eigenvalue weighted by molar-refractivity contribution is 6.00. The maximum absolute atomic E-state index is 5.78. The lowest BCUT2D eigenvalue weighted by molar-refractivity contribution is 0.268. The number of benzene rings is 1. The number of hydrogen-bond donors (Lipinski definition) is 1. The summed E-state index contributed by atoms with van der Waals surface area (Å²) in [6, 6.07) is 5.94. The highest BCUT2D eigenvalue weighted by Crippen LogP contribution is 2.28. The van der Waals surface area contributed by atoms with E-state index in [-0.39, 0.29) is 0 Å². The Morgan fingerprint density at radius 1 is 1.30 bits per heavy atom. The van der Waals surface area contributed by atoms with Crippen LogP contribution in [0.3, 0.4) is 0 Å². The van der Waals surface area contributed by atoms with Crippen LogP contribution in [0.15, 0.2) is 23.2 Å². The predicted octanol–water partition coefficient (Wildman–Crippen LogP) is 1.38. The Hall–Kier alpha value is -1.75. The molecular weight excluding hydrogens is 254 g/mol. The number of nitrogens with one attached hydrogen (secondary N) is 1. The van der Waals surface area contributed by atoms with E-state index in [0.717, 1.165) is 49.0 Å². The van der Waals surface area contributed by atoms with Gasteiger partial charge in [0.25, 0.3) is 0 Å². The fourth-order valence-electron chi connectivity index (χ4n) is 2.09. The second kappa shape index (κ2) is 7.14. The van der Waals surface area contributed by atoms with Crippen LogP contribution in [-0.2, 0) is 0 Å². The Morgan fingerprint density at radius 2 is 2.15 bits per heavy atom. The first kappa shape index (κ1) is 14.7. The third-order valence-corrected chi connectivity index (χ3v) is 3.12. The molecule has 0 spiro atoms. The van der Waals surface area contributed by atoms with E-state index in [2.05, 4.69) is 29.3 Å². The first-order valence-corrected chi connectivity index (χ1v) is 6.95. The van der Waals surface area contributed by atoms with Gasteiger partial charge in [-0.1, -0.05) is 0 Å². The molecule has 0 atom stereocenters.